The van der Waals surface area contributed by atoms with E-state index in [0.29, 0.717) is 10.8 Å². The minimum Gasteiger partial charge on any atom is -0.301 e. The molecule has 0 aliphatic heterocycles. The average Bonchev–Trinajstić information content (AvgIpc) is 2.63. The smallest absolute Gasteiger partial charge is 0.195 e. The summed E-state index contributed by atoms with van der Waals surface area (Å²) in [6, 6.07) is 8.85. The molecule has 0 fully saturated rings. The highest BCUT2D eigenvalue weighted by molar-refractivity contribution is 7.71. The number of rotatable bonds is 3. The van der Waals surface area contributed by atoms with Crippen molar-refractivity contribution >= 4 is 12.2 Å². The third-order valence-electron chi connectivity index (χ3n) is 2.78. The largest absolute Gasteiger partial charge is 0.301 e. The predicted molar refractivity (Wildman–Crippen MR) is 71.8 cm³/mol. The van der Waals surface area contributed by atoms with Crippen LogP contribution in [0.2, 0.25) is 0 Å². The molecule has 2 aromatic rings. The minimum absolute atomic E-state index is 0.335. The highest BCUT2D eigenvalue weighted by atomic mass is 32.1. The summed E-state index contributed by atoms with van der Waals surface area (Å²) in [5, 5.41) is 7.17. The number of aromatic amines is 1. The maximum absolute atomic E-state index is 5.23. The van der Waals surface area contributed by atoms with E-state index in [9.17, 15) is 0 Å². The molecule has 1 N–H and O–H groups in total. The molecule has 17 heavy (non-hydrogen) atoms. The molecule has 0 atom stereocenters. The molecule has 0 aliphatic rings. The molecule has 4 heteroatoms. The molecule has 0 aliphatic carbocycles. The quantitative estimate of drug-likeness (QED) is 0.843. The first kappa shape index (κ1) is 12.0. The number of nitrogens with zero attached hydrogens (tertiary/aromatic N) is 2. The lowest BCUT2D eigenvalue weighted by Gasteiger charge is -2.10. The molecule has 90 valence electrons. The Kier molecular flexibility index (Phi) is 3.43. The molecule has 1 heterocycles. The second-order valence-corrected chi connectivity index (χ2v) is 4.96. The summed E-state index contributed by atoms with van der Waals surface area (Å²) in [4.78, 5) is 0. The molecular weight excluding hydrogens is 230 g/mol. The van der Waals surface area contributed by atoms with Gasteiger partial charge in [0.2, 0.25) is 0 Å². The molecule has 1 aromatic heterocycles. The molecular formula is C13H17N3S. The normalized spacial score (nSPS) is 11.1. The van der Waals surface area contributed by atoms with Crippen LogP contribution in [-0.2, 0) is 6.42 Å². The van der Waals surface area contributed by atoms with Crippen LogP contribution in [0.25, 0.3) is 0 Å². The molecule has 0 saturated heterocycles. The highest BCUT2D eigenvalue weighted by Gasteiger charge is 2.09. The summed E-state index contributed by atoms with van der Waals surface area (Å²) in [5.74, 6) is 0.994. The van der Waals surface area contributed by atoms with Crippen LogP contribution in [0.5, 0.6) is 0 Å². The van der Waals surface area contributed by atoms with Crippen molar-refractivity contribution in [1.29, 1.82) is 0 Å². The number of hydrogen-bond acceptors (Lipinski definition) is 2. The summed E-state index contributed by atoms with van der Waals surface area (Å²) in [7, 11) is 0. The van der Waals surface area contributed by atoms with Crippen LogP contribution in [-0.4, -0.2) is 14.8 Å². The number of nitrogens with one attached hydrogen (secondary N) is 1. The molecule has 0 amide bonds. The van der Waals surface area contributed by atoms with Crippen LogP contribution in [0.1, 0.15) is 36.8 Å². The fourth-order valence-electron chi connectivity index (χ4n) is 1.88. The van der Waals surface area contributed by atoms with Gasteiger partial charge in [0.1, 0.15) is 5.82 Å². The molecule has 2 rings (SSSR count). The van der Waals surface area contributed by atoms with Gasteiger partial charge in [0.25, 0.3) is 0 Å². The molecule has 0 bridgehead atoms. The van der Waals surface area contributed by atoms with E-state index in [-0.39, 0.29) is 0 Å². The molecule has 0 saturated carbocycles. The second kappa shape index (κ2) is 4.84. The number of aromatic nitrogens is 3. The van der Waals surface area contributed by atoms with Crippen LogP contribution in [0.4, 0.5) is 0 Å². The van der Waals surface area contributed by atoms with Gasteiger partial charge in [-0.3, -0.25) is 5.10 Å². The van der Waals surface area contributed by atoms with Crippen molar-refractivity contribution in [2.45, 2.75) is 33.2 Å². The Bertz CT molecular complexity index is 549. The Morgan fingerprint density at radius 1 is 1.29 bits per heavy atom. The van der Waals surface area contributed by atoms with Crippen molar-refractivity contribution in [3.8, 4) is 0 Å². The molecule has 0 radical (unpaired) electrons. The van der Waals surface area contributed by atoms with Gasteiger partial charge in [-0.05, 0) is 38.6 Å². The monoisotopic (exact) mass is 247 g/mol. The third kappa shape index (κ3) is 2.64. The summed E-state index contributed by atoms with van der Waals surface area (Å²) in [6.45, 7) is 6.32. The van der Waals surface area contributed by atoms with Crippen LogP contribution in [0.15, 0.2) is 24.3 Å². The lowest BCUT2D eigenvalue weighted by Crippen LogP contribution is -2.07. The fourth-order valence-corrected chi connectivity index (χ4v) is 2.24. The lowest BCUT2D eigenvalue weighted by atomic mass is 10.1. The van der Waals surface area contributed by atoms with Gasteiger partial charge in [-0.15, -0.1) is 0 Å². The fraction of sp³-hybridized carbons (Fsp3) is 0.385. The van der Waals surface area contributed by atoms with Gasteiger partial charge in [0, 0.05) is 12.5 Å². The maximum Gasteiger partial charge on any atom is 0.195 e. The van der Waals surface area contributed by atoms with Crippen LogP contribution in [0.3, 0.4) is 0 Å². The first-order valence-electron chi connectivity index (χ1n) is 5.79. The van der Waals surface area contributed by atoms with E-state index in [1.54, 1.807) is 0 Å². The van der Waals surface area contributed by atoms with E-state index in [4.69, 9.17) is 12.2 Å². The van der Waals surface area contributed by atoms with Crippen molar-refractivity contribution in [3.05, 3.63) is 46.0 Å². The number of aryl methyl sites for hydroxylation is 1. The van der Waals surface area contributed by atoms with Crippen LogP contribution in [0, 0.1) is 11.7 Å². The first-order valence-corrected chi connectivity index (χ1v) is 6.20. The maximum atomic E-state index is 5.23. The van der Waals surface area contributed by atoms with Gasteiger partial charge in [-0.25, -0.2) is 0 Å². The Hall–Kier alpha value is -1.42. The number of benzene rings is 1. The van der Waals surface area contributed by atoms with Crippen LogP contribution >= 0.6 is 12.2 Å². The second-order valence-electron chi connectivity index (χ2n) is 4.57. The summed E-state index contributed by atoms with van der Waals surface area (Å²) >= 11 is 5.23. The number of hydrogen-bond donors (Lipinski definition) is 1. The zero-order chi connectivity index (χ0) is 12.4. The van der Waals surface area contributed by atoms with E-state index in [1.165, 1.54) is 11.1 Å². The highest BCUT2D eigenvalue weighted by Crippen LogP contribution is 2.13. The Morgan fingerprint density at radius 3 is 2.53 bits per heavy atom. The van der Waals surface area contributed by atoms with Gasteiger partial charge >= 0.3 is 0 Å². The number of H-pyrrole nitrogens is 1. The Morgan fingerprint density at radius 2 is 1.94 bits per heavy atom. The molecule has 1 aromatic carbocycles. The van der Waals surface area contributed by atoms with Crippen molar-refractivity contribution in [1.82, 2.24) is 14.8 Å². The summed E-state index contributed by atoms with van der Waals surface area (Å²) < 4.78 is 2.76. The zero-order valence-corrected chi connectivity index (χ0v) is 11.2. The predicted octanol–water partition coefficient (Wildman–Crippen LogP) is 3.42. The summed E-state index contributed by atoms with van der Waals surface area (Å²) in [6.07, 6.45) is 0.811. The van der Waals surface area contributed by atoms with E-state index in [2.05, 4.69) is 59.8 Å². The average molecular weight is 247 g/mol. The van der Waals surface area contributed by atoms with Crippen molar-refractivity contribution in [2.75, 3.05) is 0 Å². The van der Waals surface area contributed by atoms with E-state index in [0.717, 1.165) is 12.2 Å². The van der Waals surface area contributed by atoms with Gasteiger partial charge in [0.15, 0.2) is 4.77 Å². The van der Waals surface area contributed by atoms with Gasteiger partial charge < -0.3 is 4.57 Å². The molecule has 3 nitrogen and oxygen atoms in total. The topological polar surface area (TPSA) is 33.6 Å². The molecule has 0 unspecified atom stereocenters. The van der Waals surface area contributed by atoms with E-state index < -0.39 is 0 Å². The van der Waals surface area contributed by atoms with Crippen molar-refractivity contribution < 1.29 is 0 Å². The SMILES string of the molecule is Cc1ccc(Cc2n[nH]c(=S)n2C(C)C)cc1. The lowest BCUT2D eigenvalue weighted by molar-refractivity contribution is 0.567. The summed E-state index contributed by atoms with van der Waals surface area (Å²) in [5.41, 5.74) is 2.53. The Labute approximate surface area is 106 Å². The zero-order valence-electron chi connectivity index (χ0n) is 10.4. The van der Waals surface area contributed by atoms with E-state index >= 15 is 0 Å². The van der Waals surface area contributed by atoms with E-state index in [1.807, 2.05) is 0 Å². The standard InChI is InChI=1S/C13H17N3S/c1-9(2)16-12(14-15-13(16)17)8-11-6-4-10(3)5-7-11/h4-7,9H,8H2,1-3H3,(H,15,17). The Balaban J connectivity index is 2.30. The van der Waals surface area contributed by atoms with Gasteiger partial charge in [-0.1, -0.05) is 29.8 Å². The first-order chi connectivity index (χ1) is 8.08. The molecule has 0 spiro atoms. The van der Waals surface area contributed by atoms with Gasteiger partial charge in [0.05, 0.1) is 0 Å². The van der Waals surface area contributed by atoms with Crippen LogP contribution < -0.4 is 0 Å². The van der Waals surface area contributed by atoms with Gasteiger partial charge in [-0.2, -0.15) is 5.10 Å². The third-order valence-corrected chi connectivity index (χ3v) is 3.06. The van der Waals surface area contributed by atoms with Crippen molar-refractivity contribution in [3.63, 3.8) is 0 Å². The van der Waals surface area contributed by atoms with Crippen molar-refractivity contribution in [2.24, 2.45) is 0 Å². The minimum atomic E-state index is 0.335.